The predicted octanol–water partition coefficient (Wildman–Crippen LogP) is 1.36. The fraction of sp³-hybridized carbons (Fsp3) is 0.364. The Hall–Kier alpha value is -1.31. The van der Waals surface area contributed by atoms with Crippen molar-refractivity contribution in [2.24, 2.45) is 5.92 Å². The molecule has 1 aromatic carbocycles. The van der Waals surface area contributed by atoms with Crippen LogP contribution in [0.2, 0.25) is 0 Å². The summed E-state index contributed by atoms with van der Waals surface area (Å²) in [5, 5.41) is 2.84. The van der Waals surface area contributed by atoms with Crippen LogP contribution in [0, 0.1) is 5.92 Å². The SMILES string of the molecule is C[C@H]1NC(=O)C1Cc1ccccc1. The maximum absolute atomic E-state index is 11.1. The lowest BCUT2D eigenvalue weighted by atomic mass is 9.86. The number of hydrogen-bond acceptors (Lipinski definition) is 1. The molecular formula is C11H13NO. The molecule has 1 aliphatic rings. The molecule has 1 fully saturated rings. The molecule has 1 aromatic rings. The van der Waals surface area contributed by atoms with Gasteiger partial charge in [0.1, 0.15) is 0 Å². The van der Waals surface area contributed by atoms with Crippen LogP contribution in [-0.4, -0.2) is 11.9 Å². The van der Waals surface area contributed by atoms with E-state index in [1.54, 1.807) is 0 Å². The quantitative estimate of drug-likeness (QED) is 0.676. The minimum Gasteiger partial charge on any atom is -0.353 e. The second-order valence-corrected chi connectivity index (χ2v) is 3.59. The summed E-state index contributed by atoms with van der Waals surface area (Å²) < 4.78 is 0. The van der Waals surface area contributed by atoms with Gasteiger partial charge in [0.15, 0.2) is 0 Å². The average molecular weight is 175 g/mol. The molecule has 0 saturated carbocycles. The lowest BCUT2D eigenvalue weighted by Gasteiger charge is -2.34. The molecule has 2 rings (SSSR count). The Morgan fingerprint density at radius 2 is 2.00 bits per heavy atom. The Kier molecular flexibility index (Phi) is 2.05. The number of benzene rings is 1. The molecule has 1 aliphatic heterocycles. The lowest BCUT2D eigenvalue weighted by Crippen LogP contribution is -2.57. The first-order valence-corrected chi connectivity index (χ1v) is 4.61. The van der Waals surface area contributed by atoms with Crippen LogP contribution in [-0.2, 0) is 11.2 Å². The van der Waals surface area contributed by atoms with E-state index in [2.05, 4.69) is 24.4 Å². The molecule has 68 valence electrons. The summed E-state index contributed by atoms with van der Waals surface area (Å²) in [5.41, 5.74) is 1.24. The van der Waals surface area contributed by atoms with Gasteiger partial charge in [0.25, 0.3) is 0 Å². The fourth-order valence-corrected chi connectivity index (χ4v) is 1.70. The molecule has 1 saturated heterocycles. The van der Waals surface area contributed by atoms with Crippen molar-refractivity contribution in [3.63, 3.8) is 0 Å². The van der Waals surface area contributed by atoms with Crippen LogP contribution >= 0.6 is 0 Å². The van der Waals surface area contributed by atoms with Gasteiger partial charge >= 0.3 is 0 Å². The van der Waals surface area contributed by atoms with E-state index in [4.69, 9.17) is 0 Å². The molecule has 1 amide bonds. The summed E-state index contributed by atoms with van der Waals surface area (Å²) in [5.74, 6) is 0.374. The van der Waals surface area contributed by atoms with Crippen molar-refractivity contribution >= 4 is 5.91 Å². The summed E-state index contributed by atoms with van der Waals surface area (Å²) in [6.07, 6.45) is 0.869. The van der Waals surface area contributed by atoms with Crippen LogP contribution in [0.3, 0.4) is 0 Å². The Bertz CT molecular complexity index is 307. The Morgan fingerprint density at radius 3 is 2.54 bits per heavy atom. The van der Waals surface area contributed by atoms with Gasteiger partial charge in [-0.25, -0.2) is 0 Å². The number of nitrogens with one attached hydrogen (secondary N) is 1. The van der Waals surface area contributed by atoms with E-state index < -0.39 is 0 Å². The van der Waals surface area contributed by atoms with E-state index in [0.29, 0.717) is 6.04 Å². The van der Waals surface area contributed by atoms with Crippen molar-refractivity contribution in [1.82, 2.24) is 5.32 Å². The van der Waals surface area contributed by atoms with Crippen molar-refractivity contribution in [3.8, 4) is 0 Å². The molecule has 13 heavy (non-hydrogen) atoms. The van der Waals surface area contributed by atoms with E-state index in [0.717, 1.165) is 6.42 Å². The van der Waals surface area contributed by atoms with Crippen molar-refractivity contribution in [2.45, 2.75) is 19.4 Å². The highest BCUT2D eigenvalue weighted by Gasteiger charge is 2.35. The van der Waals surface area contributed by atoms with Crippen LogP contribution in [0.25, 0.3) is 0 Å². The number of rotatable bonds is 2. The first kappa shape index (κ1) is 8.30. The van der Waals surface area contributed by atoms with Gasteiger partial charge in [-0.2, -0.15) is 0 Å². The van der Waals surface area contributed by atoms with Crippen LogP contribution in [0.1, 0.15) is 12.5 Å². The number of hydrogen-bond donors (Lipinski definition) is 1. The van der Waals surface area contributed by atoms with E-state index >= 15 is 0 Å². The molecule has 0 aromatic heterocycles. The van der Waals surface area contributed by atoms with E-state index in [1.165, 1.54) is 5.56 Å². The maximum atomic E-state index is 11.1. The van der Waals surface area contributed by atoms with Crippen LogP contribution in [0.4, 0.5) is 0 Å². The van der Waals surface area contributed by atoms with Gasteiger partial charge in [-0.1, -0.05) is 30.3 Å². The van der Waals surface area contributed by atoms with Crippen molar-refractivity contribution < 1.29 is 4.79 Å². The standard InChI is InChI=1S/C11H13NO/c1-8-10(11(13)12-8)7-9-5-3-2-4-6-9/h2-6,8,10H,7H2,1H3,(H,12,13)/t8-,10?/m1/s1. The van der Waals surface area contributed by atoms with Crippen molar-refractivity contribution in [1.29, 1.82) is 0 Å². The van der Waals surface area contributed by atoms with Gasteiger partial charge in [-0.15, -0.1) is 0 Å². The first-order chi connectivity index (χ1) is 6.27. The van der Waals surface area contributed by atoms with Gasteiger partial charge in [-0.05, 0) is 18.9 Å². The summed E-state index contributed by atoms with van der Waals surface area (Å²) in [6.45, 7) is 2.05. The van der Waals surface area contributed by atoms with E-state index in [1.807, 2.05) is 18.2 Å². The van der Waals surface area contributed by atoms with Gasteiger partial charge < -0.3 is 5.32 Å². The third-order valence-electron chi connectivity index (χ3n) is 2.61. The van der Waals surface area contributed by atoms with Gasteiger partial charge in [0, 0.05) is 6.04 Å². The summed E-state index contributed by atoms with van der Waals surface area (Å²) in [6, 6.07) is 10.5. The highest BCUT2D eigenvalue weighted by Crippen LogP contribution is 2.19. The molecule has 1 unspecified atom stereocenters. The third-order valence-corrected chi connectivity index (χ3v) is 2.61. The highest BCUT2D eigenvalue weighted by atomic mass is 16.2. The topological polar surface area (TPSA) is 29.1 Å². The maximum Gasteiger partial charge on any atom is 0.225 e. The first-order valence-electron chi connectivity index (χ1n) is 4.61. The lowest BCUT2D eigenvalue weighted by molar-refractivity contribution is -0.134. The molecule has 2 nitrogen and oxygen atoms in total. The number of β-lactam (4-membered cyclic amide) rings is 1. The zero-order valence-electron chi connectivity index (χ0n) is 7.66. The predicted molar refractivity (Wildman–Crippen MR) is 51.2 cm³/mol. The average Bonchev–Trinajstić information content (AvgIpc) is 2.16. The van der Waals surface area contributed by atoms with Crippen molar-refractivity contribution in [2.75, 3.05) is 0 Å². The Balaban J connectivity index is 2.02. The molecule has 0 radical (unpaired) electrons. The second kappa shape index (κ2) is 3.21. The van der Waals surface area contributed by atoms with Crippen LogP contribution < -0.4 is 5.32 Å². The number of carbonyl (C=O) groups is 1. The molecule has 0 aliphatic carbocycles. The normalized spacial score (nSPS) is 26.4. The smallest absolute Gasteiger partial charge is 0.225 e. The summed E-state index contributed by atoms with van der Waals surface area (Å²) in [4.78, 5) is 11.1. The third kappa shape index (κ3) is 1.57. The highest BCUT2D eigenvalue weighted by molar-refractivity contribution is 5.85. The fourth-order valence-electron chi connectivity index (χ4n) is 1.70. The molecular weight excluding hydrogens is 162 g/mol. The van der Waals surface area contributed by atoms with Crippen molar-refractivity contribution in [3.05, 3.63) is 35.9 Å². The minimum absolute atomic E-state index is 0.183. The van der Waals surface area contributed by atoms with Gasteiger partial charge in [-0.3, -0.25) is 4.79 Å². The molecule has 1 heterocycles. The Morgan fingerprint density at radius 1 is 1.31 bits per heavy atom. The van der Waals surface area contributed by atoms with E-state index in [9.17, 15) is 4.79 Å². The molecule has 2 heteroatoms. The Labute approximate surface area is 78.0 Å². The second-order valence-electron chi connectivity index (χ2n) is 3.59. The monoisotopic (exact) mass is 175 g/mol. The summed E-state index contributed by atoms with van der Waals surface area (Å²) in [7, 11) is 0. The van der Waals surface area contributed by atoms with Crippen LogP contribution in [0.5, 0.6) is 0 Å². The zero-order valence-corrected chi connectivity index (χ0v) is 7.66. The van der Waals surface area contributed by atoms with E-state index in [-0.39, 0.29) is 11.8 Å². The molecule has 0 spiro atoms. The van der Waals surface area contributed by atoms with Gasteiger partial charge in [0.05, 0.1) is 5.92 Å². The number of carbonyl (C=O) groups excluding carboxylic acids is 1. The minimum atomic E-state index is 0.183. The molecule has 2 atom stereocenters. The number of amides is 1. The van der Waals surface area contributed by atoms with Crippen LogP contribution in [0.15, 0.2) is 30.3 Å². The largest absolute Gasteiger partial charge is 0.353 e. The summed E-state index contributed by atoms with van der Waals surface area (Å²) >= 11 is 0. The van der Waals surface area contributed by atoms with Gasteiger partial charge in [0.2, 0.25) is 5.91 Å². The molecule has 1 N–H and O–H groups in total. The molecule has 0 bridgehead atoms. The zero-order chi connectivity index (χ0) is 9.26.